The van der Waals surface area contributed by atoms with Crippen LogP contribution in [0, 0.1) is 0 Å². The summed E-state index contributed by atoms with van der Waals surface area (Å²) >= 11 is 0. The van der Waals surface area contributed by atoms with E-state index in [1.807, 2.05) is 54.6 Å². The Hall–Kier alpha value is -2.44. The minimum atomic E-state index is -0.131. The molecule has 3 rings (SSSR count). The Morgan fingerprint density at radius 2 is 1.28 bits per heavy atom. The van der Waals surface area contributed by atoms with Gasteiger partial charge in [-0.1, -0.05) is 30.3 Å². The Balaban J connectivity index is 0.00000300. The van der Waals surface area contributed by atoms with E-state index < -0.39 is 0 Å². The molecule has 0 spiro atoms. The zero-order valence-corrected chi connectivity index (χ0v) is 17.7. The largest absolute Gasteiger partial charge is 1.00 e. The second-order valence-corrected chi connectivity index (χ2v) is 6.88. The van der Waals surface area contributed by atoms with Crippen molar-refractivity contribution < 1.29 is 42.6 Å². The van der Waals surface area contributed by atoms with E-state index >= 15 is 0 Å². The Morgan fingerprint density at radius 1 is 0.724 bits per heavy atom. The van der Waals surface area contributed by atoms with Gasteiger partial charge in [0.2, 0.25) is 0 Å². The van der Waals surface area contributed by atoms with Crippen LogP contribution in [0.5, 0.6) is 28.7 Å². The number of methoxy groups -OCH3 is 3. The summed E-state index contributed by atoms with van der Waals surface area (Å²) in [6.07, 6.45) is 0. The van der Waals surface area contributed by atoms with Crippen LogP contribution in [0.3, 0.4) is 0 Å². The summed E-state index contributed by atoms with van der Waals surface area (Å²) in [6, 6.07) is 20.3. The Labute approximate surface area is 184 Å². The first-order valence-corrected chi connectivity index (χ1v) is 9.43. The molecule has 0 aromatic heterocycles. The summed E-state index contributed by atoms with van der Waals surface area (Å²) in [5.41, 5.74) is 0.255. The third-order valence-corrected chi connectivity index (χ3v) is 4.96. The number of benzene rings is 3. The van der Waals surface area contributed by atoms with Gasteiger partial charge in [0.25, 0.3) is 0 Å². The molecule has 0 aliphatic heterocycles. The van der Waals surface area contributed by atoms with Gasteiger partial charge in [0.15, 0.2) is 0 Å². The molecule has 0 saturated carbocycles. The number of carbonyl (C=O) groups is 1. The number of rotatable bonds is 8. The number of hydrogen-bond donors (Lipinski definition) is 0. The van der Waals surface area contributed by atoms with Gasteiger partial charge in [0, 0.05) is 17.7 Å². The van der Waals surface area contributed by atoms with Crippen molar-refractivity contribution >= 4 is 19.4 Å². The quantitative estimate of drug-likeness (QED) is 0.426. The van der Waals surface area contributed by atoms with Crippen LogP contribution in [-0.4, -0.2) is 26.9 Å². The molecule has 0 saturated heterocycles. The molecule has 0 aliphatic rings. The third kappa shape index (κ3) is 5.78. The van der Waals surface area contributed by atoms with E-state index in [2.05, 4.69) is 0 Å². The molecular weight excluding hydrogens is 382 g/mol. The first-order valence-electron chi connectivity index (χ1n) is 8.53. The van der Waals surface area contributed by atoms with Gasteiger partial charge in [-0.15, -0.1) is 0 Å². The summed E-state index contributed by atoms with van der Waals surface area (Å²) in [5, 5.41) is 0.838. The fraction of sp³-hybridized carbons (Fsp3) is 0.136. The average molecular weight is 402 g/mol. The molecule has 144 valence electrons. The Morgan fingerprint density at radius 3 is 1.79 bits per heavy atom. The minimum absolute atomic E-state index is 0. The number of carbonyl (C=O) groups excluding carboxylic acids is 1. The maximum atomic E-state index is 12.9. The van der Waals surface area contributed by atoms with Crippen molar-refractivity contribution in [2.45, 2.75) is 0 Å². The summed E-state index contributed by atoms with van der Waals surface area (Å²) in [4.78, 5) is 12.9. The van der Waals surface area contributed by atoms with Crippen LogP contribution in [-0.2, 0) is 0 Å². The molecule has 0 heterocycles. The van der Waals surface area contributed by atoms with Crippen LogP contribution >= 0.6 is 8.58 Å². The Kier molecular flexibility index (Phi) is 8.61. The van der Waals surface area contributed by atoms with Gasteiger partial charge < -0.3 is 32.3 Å². The molecule has 0 bridgehead atoms. The fourth-order valence-corrected chi connectivity index (χ4v) is 3.47. The number of hydrogen-bond acceptors (Lipinski definition) is 5. The molecule has 3 aromatic rings. The van der Waals surface area contributed by atoms with Crippen molar-refractivity contribution in [2.24, 2.45) is 0 Å². The number of ether oxygens (including phenoxy) is 4. The molecule has 29 heavy (non-hydrogen) atoms. The summed E-state index contributed by atoms with van der Waals surface area (Å²) in [5.74, 6) is 2.86. The maximum absolute atomic E-state index is 12.9. The average Bonchev–Trinajstić information content (AvgIpc) is 2.74. The van der Waals surface area contributed by atoms with Gasteiger partial charge in [0.05, 0.1) is 26.9 Å². The molecule has 7 heteroatoms. The molecule has 0 N–H and O–H groups in total. The molecule has 0 radical (unpaired) electrons. The molecule has 5 nitrogen and oxygen atoms in total. The van der Waals surface area contributed by atoms with Gasteiger partial charge in [-0.05, 0) is 24.3 Å². The second-order valence-electron chi connectivity index (χ2n) is 5.73. The summed E-state index contributed by atoms with van der Waals surface area (Å²) < 4.78 is 21.7. The van der Waals surface area contributed by atoms with Crippen LogP contribution < -0.4 is 43.1 Å². The van der Waals surface area contributed by atoms with Gasteiger partial charge in [-0.3, -0.25) is 0 Å². The predicted octanol–water partition coefficient (Wildman–Crippen LogP) is 1.92. The van der Waals surface area contributed by atoms with Crippen LogP contribution in [0.1, 0.15) is 10.4 Å². The van der Waals surface area contributed by atoms with E-state index in [0.29, 0.717) is 37.1 Å². The summed E-state index contributed by atoms with van der Waals surface area (Å²) in [6.45, 7) is 0. The van der Waals surface area contributed by atoms with Crippen LogP contribution in [0.2, 0.25) is 0 Å². The zero-order valence-electron chi connectivity index (χ0n) is 16.8. The van der Waals surface area contributed by atoms with Gasteiger partial charge in [-0.25, -0.2) is 0 Å². The van der Waals surface area contributed by atoms with E-state index in [-0.39, 0.29) is 24.4 Å². The molecule has 0 atom stereocenters. The van der Waals surface area contributed by atoms with Crippen LogP contribution in [0.4, 0.5) is 0 Å². The second kappa shape index (κ2) is 10.9. The van der Waals surface area contributed by atoms with Gasteiger partial charge in [0.1, 0.15) is 28.7 Å². The van der Waals surface area contributed by atoms with E-state index in [4.69, 9.17) is 18.9 Å². The molecule has 0 fully saturated rings. The smallest absolute Gasteiger partial charge is 0.496 e. The van der Waals surface area contributed by atoms with Gasteiger partial charge in [-0.2, -0.15) is 5.30 Å². The normalized spacial score (nSPS) is 10.3. The van der Waals surface area contributed by atoms with Crippen molar-refractivity contribution in [2.75, 3.05) is 21.3 Å². The molecule has 3 aromatic carbocycles. The standard InChI is InChI=1S/C22H20O5P.Li/c1-24-17-13-19(25-2)21(20(14-17)26-3)22(23)28-18-11-9-16(10-12-18)27-15-7-5-4-6-8-15;/h4-14H,1-3H3;/q-1;+1. The molecule has 0 amide bonds. The van der Waals surface area contributed by atoms with E-state index in [9.17, 15) is 4.79 Å². The zero-order chi connectivity index (χ0) is 19.9. The maximum Gasteiger partial charge on any atom is 1.00 e. The van der Waals surface area contributed by atoms with Crippen LogP contribution in [0.25, 0.3) is 0 Å². The molecule has 0 aliphatic carbocycles. The fourth-order valence-electron chi connectivity index (χ4n) is 2.60. The van der Waals surface area contributed by atoms with E-state index in [1.54, 1.807) is 19.2 Å². The van der Waals surface area contributed by atoms with E-state index in [0.717, 1.165) is 11.1 Å². The van der Waals surface area contributed by atoms with Crippen LogP contribution in [0.15, 0.2) is 66.7 Å². The molecular formula is C22H20LiO5P. The Bertz CT molecular complexity index is 920. The van der Waals surface area contributed by atoms with Crippen molar-refractivity contribution in [1.29, 1.82) is 0 Å². The first-order chi connectivity index (χ1) is 13.6. The monoisotopic (exact) mass is 402 g/mol. The third-order valence-electron chi connectivity index (χ3n) is 3.98. The first kappa shape index (κ1) is 22.8. The summed E-state index contributed by atoms with van der Waals surface area (Å²) in [7, 11) is 5.08. The predicted molar refractivity (Wildman–Crippen MR) is 110 cm³/mol. The van der Waals surface area contributed by atoms with Crippen molar-refractivity contribution in [3.8, 4) is 28.7 Å². The van der Waals surface area contributed by atoms with Crippen molar-refractivity contribution in [3.63, 3.8) is 0 Å². The topological polar surface area (TPSA) is 54.0 Å². The van der Waals surface area contributed by atoms with Crippen molar-refractivity contribution in [3.05, 3.63) is 72.3 Å². The number of para-hydroxylation sites is 1. The van der Waals surface area contributed by atoms with E-state index in [1.165, 1.54) is 14.2 Å². The van der Waals surface area contributed by atoms with Gasteiger partial charge >= 0.3 is 18.9 Å². The minimum Gasteiger partial charge on any atom is -0.496 e. The molecule has 0 unspecified atom stereocenters. The van der Waals surface area contributed by atoms with Crippen molar-refractivity contribution in [1.82, 2.24) is 0 Å². The SMILES string of the molecule is COc1cc(OC)c(C(=O)[P-]c2ccc(Oc3ccccc3)cc2)c(OC)c1.[Li+].